The molecule has 0 saturated carbocycles. The number of hydrogen-bond acceptors (Lipinski definition) is 5. The molecule has 0 unspecified atom stereocenters. The van der Waals surface area contributed by atoms with Gasteiger partial charge < -0.3 is 31.3 Å². The molecule has 2 aromatic rings. The lowest BCUT2D eigenvalue weighted by atomic mass is 9.98. The number of nitrogens with one attached hydrogen (secondary N) is 3. The number of amidine groups is 1. The number of hydrogen-bond donors (Lipinski definition) is 5. The van der Waals surface area contributed by atoms with Crippen LogP contribution >= 0.6 is 0 Å². The standard InChI is InChI=1S/C25H31N7O3/c26-23(27)17-3-1-16(2-4-17)14-30-22(33)15-32-10-7-18-13-20(5-6-21(18)24(32)34)35-19-8-11-31(12-9-19)25(28)29/h1-6,13,19H,7-12,14-15H2,(H3,26,27)(H3,28,29)(H,30,33). The van der Waals surface area contributed by atoms with Crippen LogP contribution in [0.5, 0.6) is 5.75 Å². The number of piperidine rings is 1. The SMILES string of the molecule is N=C(N)c1ccc(CNC(=O)CN2CCc3cc(OC4CCN(C(=N)N)CC4)ccc3C2=O)cc1. The molecular weight excluding hydrogens is 446 g/mol. The normalized spacial score (nSPS) is 15.9. The van der Waals surface area contributed by atoms with Crippen molar-refractivity contribution in [3.8, 4) is 5.75 Å². The molecule has 0 atom stereocenters. The van der Waals surface area contributed by atoms with Crippen LogP contribution in [0.3, 0.4) is 0 Å². The number of nitrogen functional groups attached to an aromatic ring is 1. The van der Waals surface area contributed by atoms with Crippen molar-refractivity contribution in [3.05, 3.63) is 64.7 Å². The minimum Gasteiger partial charge on any atom is -0.490 e. The van der Waals surface area contributed by atoms with Crippen molar-refractivity contribution in [2.24, 2.45) is 11.5 Å². The minimum absolute atomic E-state index is 0.00171. The van der Waals surface area contributed by atoms with Gasteiger partial charge in [0, 0.05) is 50.1 Å². The van der Waals surface area contributed by atoms with Gasteiger partial charge in [0.1, 0.15) is 17.7 Å². The van der Waals surface area contributed by atoms with E-state index in [0.717, 1.165) is 29.7 Å². The Hall–Kier alpha value is -4.08. The van der Waals surface area contributed by atoms with Gasteiger partial charge in [0.15, 0.2) is 5.96 Å². The van der Waals surface area contributed by atoms with Crippen LogP contribution in [0.1, 0.15) is 39.9 Å². The molecule has 7 N–H and O–H groups in total. The van der Waals surface area contributed by atoms with Gasteiger partial charge in [0.05, 0.1) is 6.54 Å². The number of fused-ring (bicyclic) bond motifs is 1. The maximum Gasteiger partial charge on any atom is 0.254 e. The number of rotatable bonds is 7. The van der Waals surface area contributed by atoms with Gasteiger partial charge in [-0.1, -0.05) is 24.3 Å². The predicted molar refractivity (Wildman–Crippen MR) is 132 cm³/mol. The fraction of sp³-hybridized carbons (Fsp3) is 0.360. The minimum atomic E-state index is -0.227. The fourth-order valence-electron chi connectivity index (χ4n) is 4.38. The lowest BCUT2D eigenvalue weighted by Gasteiger charge is -2.32. The van der Waals surface area contributed by atoms with E-state index in [1.165, 1.54) is 0 Å². The summed E-state index contributed by atoms with van der Waals surface area (Å²) in [4.78, 5) is 28.8. The van der Waals surface area contributed by atoms with E-state index in [9.17, 15) is 9.59 Å². The number of ether oxygens (including phenoxy) is 1. The summed E-state index contributed by atoms with van der Waals surface area (Å²) in [5.41, 5.74) is 14.1. The Kier molecular flexibility index (Phi) is 7.19. The van der Waals surface area contributed by atoms with Crippen LogP contribution in [-0.4, -0.2) is 65.7 Å². The molecule has 1 saturated heterocycles. The van der Waals surface area contributed by atoms with E-state index in [1.54, 1.807) is 23.1 Å². The largest absolute Gasteiger partial charge is 0.490 e. The summed E-state index contributed by atoms with van der Waals surface area (Å²) in [6.07, 6.45) is 2.29. The van der Waals surface area contributed by atoms with Crippen molar-refractivity contribution in [2.75, 3.05) is 26.2 Å². The third kappa shape index (κ3) is 5.89. The first-order valence-corrected chi connectivity index (χ1v) is 11.7. The third-order valence-corrected chi connectivity index (χ3v) is 6.42. The van der Waals surface area contributed by atoms with Gasteiger partial charge >= 0.3 is 0 Å². The zero-order chi connectivity index (χ0) is 24.9. The van der Waals surface area contributed by atoms with Crippen LogP contribution in [0.2, 0.25) is 0 Å². The first-order chi connectivity index (χ1) is 16.8. The quantitative estimate of drug-likeness (QED) is 0.295. The molecule has 0 radical (unpaired) electrons. The summed E-state index contributed by atoms with van der Waals surface area (Å²) in [5, 5.41) is 17.8. The summed E-state index contributed by atoms with van der Waals surface area (Å²) in [7, 11) is 0. The average molecular weight is 478 g/mol. The zero-order valence-electron chi connectivity index (χ0n) is 19.5. The van der Waals surface area contributed by atoms with Crippen molar-refractivity contribution in [1.29, 1.82) is 10.8 Å². The van der Waals surface area contributed by atoms with Crippen molar-refractivity contribution in [1.82, 2.24) is 15.1 Å². The predicted octanol–water partition coefficient (Wildman–Crippen LogP) is 1.02. The van der Waals surface area contributed by atoms with E-state index in [1.807, 2.05) is 29.2 Å². The lowest BCUT2D eigenvalue weighted by molar-refractivity contribution is -0.122. The molecule has 2 aliphatic heterocycles. The molecule has 0 spiro atoms. The zero-order valence-corrected chi connectivity index (χ0v) is 19.5. The van der Waals surface area contributed by atoms with Crippen LogP contribution in [0.15, 0.2) is 42.5 Å². The van der Waals surface area contributed by atoms with E-state index < -0.39 is 0 Å². The van der Waals surface area contributed by atoms with E-state index in [-0.39, 0.29) is 36.3 Å². The highest BCUT2D eigenvalue weighted by Crippen LogP contribution is 2.26. The number of carbonyl (C=O) groups excluding carboxylic acids is 2. The van der Waals surface area contributed by atoms with Gasteiger partial charge in [-0.05, 0) is 35.7 Å². The second-order valence-corrected chi connectivity index (χ2v) is 8.87. The van der Waals surface area contributed by atoms with Gasteiger partial charge in [-0.2, -0.15) is 0 Å². The first kappa shape index (κ1) is 24.1. The first-order valence-electron chi connectivity index (χ1n) is 11.7. The third-order valence-electron chi connectivity index (χ3n) is 6.42. The van der Waals surface area contributed by atoms with Crippen molar-refractivity contribution < 1.29 is 14.3 Å². The molecule has 1 fully saturated rings. The fourth-order valence-corrected chi connectivity index (χ4v) is 4.38. The number of benzene rings is 2. The van der Waals surface area contributed by atoms with Gasteiger partial charge in [-0.15, -0.1) is 0 Å². The maximum absolute atomic E-state index is 13.0. The van der Waals surface area contributed by atoms with Crippen LogP contribution in [-0.2, 0) is 17.8 Å². The highest BCUT2D eigenvalue weighted by molar-refractivity contribution is 5.99. The number of carbonyl (C=O) groups is 2. The summed E-state index contributed by atoms with van der Waals surface area (Å²) in [5.74, 6) is 0.443. The molecule has 4 rings (SSSR count). The molecule has 35 heavy (non-hydrogen) atoms. The molecule has 2 aliphatic rings. The highest BCUT2D eigenvalue weighted by Gasteiger charge is 2.27. The second kappa shape index (κ2) is 10.5. The van der Waals surface area contributed by atoms with Gasteiger partial charge in [0.2, 0.25) is 5.91 Å². The average Bonchev–Trinajstić information content (AvgIpc) is 2.85. The van der Waals surface area contributed by atoms with Crippen LogP contribution in [0.25, 0.3) is 0 Å². The smallest absolute Gasteiger partial charge is 0.254 e. The monoisotopic (exact) mass is 477 g/mol. The molecule has 184 valence electrons. The topological polar surface area (TPSA) is 162 Å². The number of amides is 2. The van der Waals surface area contributed by atoms with Crippen molar-refractivity contribution >= 4 is 23.6 Å². The highest BCUT2D eigenvalue weighted by atomic mass is 16.5. The molecule has 0 bridgehead atoms. The van der Waals surface area contributed by atoms with Crippen LogP contribution in [0.4, 0.5) is 0 Å². The van der Waals surface area contributed by atoms with Crippen molar-refractivity contribution in [3.63, 3.8) is 0 Å². The molecular formula is C25H31N7O3. The molecule has 10 heteroatoms. The molecule has 0 aliphatic carbocycles. The number of guanidine groups is 1. The van der Waals surface area contributed by atoms with Gasteiger partial charge in [-0.3, -0.25) is 20.4 Å². The van der Waals surface area contributed by atoms with Crippen LogP contribution in [0, 0.1) is 10.8 Å². The Morgan fingerprint density at radius 1 is 1.06 bits per heavy atom. The van der Waals surface area contributed by atoms with E-state index >= 15 is 0 Å². The van der Waals surface area contributed by atoms with E-state index in [2.05, 4.69) is 5.32 Å². The molecule has 2 amide bonds. The Balaban J connectivity index is 1.28. The van der Waals surface area contributed by atoms with Crippen LogP contribution < -0.4 is 21.5 Å². The Morgan fingerprint density at radius 2 is 1.77 bits per heavy atom. The molecule has 2 aromatic carbocycles. The molecule has 2 heterocycles. The number of nitrogens with zero attached hydrogens (tertiary/aromatic N) is 2. The molecule has 10 nitrogen and oxygen atoms in total. The Morgan fingerprint density at radius 3 is 2.43 bits per heavy atom. The number of likely N-dealkylation sites (tertiary alicyclic amines) is 1. The Bertz CT molecular complexity index is 1120. The summed E-state index contributed by atoms with van der Waals surface area (Å²) in [6.45, 7) is 2.19. The Labute approximate surface area is 204 Å². The van der Waals surface area contributed by atoms with Crippen molar-refractivity contribution in [2.45, 2.75) is 31.9 Å². The van der Waals surface area contributed by atoms with Gasteiger partial charge in [-0.25, -0.2) is 0 Å². The molecule has 0 aromatic heterocycles. The lowest BCUT2D eigenvalue weighted by Crippen LogP contribution is -2.44. The van der Waals surface area contributed by atoms with Gasteiger partial charge in [0.25, 0.3) is 5.91 Å². The van der Waals surface area contributed by atoms with E-state index in [0.29, 0.717) is 43.7 Å². The van der Waals surface area contributed by atoms with E-state index in [4.69, 9.17) is 27.0 Å². The number of nitrogens with two attached hydrogens (primary N) is 2. The summed E-state index contributed by atoms with van der Waals surface area (Å²) >= 11 is 0. The second-order valence-electron chi connectivity index (χ2n) is 8.87. The summed E-state index contributed by atoms with van der Waals surface area (Å²) < 4.78 is 6.12. The summed E-state index contributed by atoms with van der Waals surface area (Å²) in [6, 6.07) is 12.6. The maximum atomic E-state index is 13.0.